The number of likely N-dealkylation sites (N-methyl/N-ethyl adjacent to an activating group) is 1. The van der Waals surface area contributed by atoms with Crippen LogP contribution in [0.1, 0.15) is 46.5 Å². The van der Waals surface area contributed by atoms with Crippen LogP contribution in [0.3, 0.4) is 0 Å². The molecule has 0 aromatic carbocycles. The van der Waals surface area contributed by atoms with Gasteiger partial charge >= 0.3 is 0 Å². The lowest BCUT2D eigenvalue weighted by Crippen LogP contribution is -2.49. The Kier molecular flexibility index (Phi) is 4.49. The molecule has 0 heterocycles. The zero-order chi connectivity index (χ0) is 15.7. The third-order valence-corrected chi connectivity index (χ3v) is 4.40. The fourth-order valence-electron chi connectivity index (χ4n) is 2.97. The standard InChI is InChI=1S/C16H30N4O/c1-15(2,3)19-13(21)10-20(5)14(17-4)18-11-16(8-9-16)12-6-7-12/h12H,6-11H2,1-5H3,(H,17,18)(H,19,21). The van der Waals surface area contributed by atoms with Crippen LogP contribution in [-0.4, -0.2) is 49.5 Å². The number of nitrogens with zero attached hydrogens (tertiary/aromatic N) is 2. The van der Waals surface area contributed by atoms with E-state index in [2.05, 4.69) is 15.6 Å². The number of guanidine groups is 1. The number of rotatable bonds is 5. The van der Waals surface area contributed by atoms with E-state index in [1.807, 2.05) is 32.7 Å². The molecule has 0 unspecified atom stereocenters. The van der Waals surface area contributed by atoms with E-state index >= 15 is 0 Å². The molecule has 0 spiro atoms. The minimum Gasteiger partial charge on any atom is -0.356 e. The molecule has 2 fully saturated rings. The van der Waals surface area contributed by atoms with Gasteiger partial charge in [0.05, 0.1) is 6.54 Å². The lowest BCUT2D eigenvalue weighted by atomic mass is 10.0. The molecule has 2 rings (SSSR count). The number of nitrogens with one attached hydrogen (secondary N) is 2. The summed E-state index contributed by atoms with van der Waals surface area (Å²) < 4.78 is 0. The monoisotopic (exact) mass is 294 g/mol. The highest BCUT2D eigenvalue weighted by Gasteiger charge is 2.53. The second-order valence-corrected chi connectivity index (χ2v) is 7.69. The molecule has 2 aliphatic rings. The SMILES string of the molecule is CN=C(NCC1(C2CC2)CC1)N(C)CC(=O)NC(C)(C)C. The Balaban J connectivity index is 1.79. The number of hydrogen-bond donors (Lipinski definition) is 2. The summed E-state index contributed by atoms with van der Waals surface area (Å²) >= 11 is 0. The summed E-state index contributed by atoms with van der Waals surface area (Å²) in [5, 5.41) is 6.44. The fourth-order valence-corrected chi connectivity index (χ4v) is 2.97. The molecule has 0 aromatic heterocycles. The smallest absolute Gasteiger partial charge is 0.240 e. The van der Waals surface area contributed by atoms with E-state index < -0.39 is 0 Å². The van der Waals surface area contributed by atoms with Gasteiger partial charge < -0.3 is 15.5 Å². The van der Waals surface area contributed by atoms with Crippen molar-refractivity contribution < 1.29 is 4.79 Å². The summed E-state index contributed by atoms with van der Waals surface area (Å²) in [7, 11) is 3.69. The molecule has 2 aliphatic carbocycles. The van der Waals surface area contributed by atoms with Crippen LogP contribution in [0, 0.1) is 11.3 Å². The number of amides is 1. The molecule has 21 heavy (non-hydrogen) atoms. The summed E-state index contributed by atoms with van der Waals surface area (Å²) in [5.74, 6) is 1.76. The first-order chi connectivity index (χ1) is 9.76. The minimum absolute atomic E-state index is 0.0243. The van der Waals surface area contributed by atoms with Crippen molar-refractivity contribution in [1.29, 1.82) is 0 Å². The first-order valence-corrected chi connectivity index (χ1v) is 7.98. The van der Waals surface area contributed by atoms with Crippen molar-refractivity contribution in [3.8, 4) is 0 Å². The molecule has 2 N–H and O–H groups in total. The van der Waals surface area contributed by atoms with Crippen molar-refractivity contribution in [2.45, 2.75) is 52.0 Å². The van der Waals surface area contributed by atoms with Gasteiger partial charge in [0.2, 0.25) is 5.91 Å². The first-order valence-electron chi connectivity index (χ1n) is 7.98. The van der Waals surface area contributed by atoms with Crippen LogP contribution < -0.4 is 10.6 Å². The number of hydrogen-bond acceptors (Lipinski definition) is 2. The lowest BCUT2D eigenvalue weighted by Gasteiger charge is -2.26. The van der Waals surface area contributed by atoms with Crippen LogP contribution in [0.5, 0.6) is 0 Å². The van der Waals surface area contributed by atoms with Crippen molar-refractivity contribution in [3.05, 3.63) is 0 Å². The molecule has 0 aromatic rings. The van der Waals surface area contributed by atoms with Gasteiger partial charge in [-0.3, -0.25) is 9.79 Å². The summed E-state index contributed by atoms with van der Waals surface area (Å²) in [5.41, 5.74) is 0.337. The molecule has 0 atom stereocenters. The van der Waals surface area contributed by atoms with E-state index in [9.17, 15) is 4.79 Å². The number of carbonyl (C=O) groups is 1. The van der Waals surface area contributed by atoms with Gasteiger partial charge in [-0.2, -0.15) is 0 Å². The van der Waals surface area contributed by atoms with Crippen molar-refractivity contribution in [2.75, 3.05) is 27.2 Å². The molecular formula is C16H30N4O. The molecule has 2 saturated carbocycles. The van der Waals surface area contributed by atoms with Gasteiger partial charge in [-0.05, 0) is 57.8 Å². The molecule has 1 amide bonds. The normalized spacial score (nSPS) is 20.9. The van der Waals surface area contributed by atoms with Crippen molar-refractivity contribution in [1.82, 2.24) is 15.5 Å². The van der Waals surface area contributed by atoms with Crippen LogP contribution >= 0.6 is 0 Å². The van der Waals surface area contributed by atoms with E-state index in [4.69, 9.17) is 0 Å². The highest BCUT2D eigenvalue weighted by molar-refractivity contribution is 5.86. The maximum absolute atomic E-state index is 12.0. The predicted octanol–water partition coefficient (Wildman–Crippen LogP) is 1.60. The van der Waals surface area contributed by atoms with Crippen molar-refractivity contribution in [3.63, 3.8) is 0 Å². The van der Waals surface area contributed by atoms with Crippen molar-refractivity contribution >= 4 is 11.9 Å². The Labute approximate surface area is 128 Å². The zero-order valence-corrected chi connectivity index (χ0v) is 14.1. The van der Waals surface area contributed by atoms with Gasteiger partial charge in [-0.1, -0.05) is 0 Å². The third kappa shape index (κ3) is 4.61. The molecule has 5 nitrogen and oxygen atoms in total. The molecule has 120 valence electrons. The summed E-state index contributed by atoms with van der Waals surface area (Å²) in [6, 6.07) is 0. The van der Waals surface area contributed by atoms with Gasteiger partial charge in [-0.15, -0.1) is 0 Å². The van der Waals surface area contributed by atoms with Crippen LogP contribution in [0.25, 0.3) is 0 Å². The van der Waals surface area contributed by atoms with Gasteiger partial charge in [0.25, 0.3) is 0 Å². The highest BCUT2D eigenvalue weighted by Crippen LogP contribution is 2.60. The minimum atomic E-state index is -0.196. The molecule has 0 aliphatic heterocycles. The van der Waals surface area contributed by atoms with Crippen LogP contribution in [0.2, 0.25) is 0 Å². The Morgan fingerprint density at radius 2 is 1.95 bits per heavy atom. The third-order valence-electron chi connectivity index (χ3n) is 4.40. The van der Waals surface area contributed by atoms with E-state index in [1.165, 1.54) is 25.7 Å². The largest absolute Gasteiger partial charge is 0.356 e. The number of carbonyl (C=O) groups excluding carboxylic acids is 1. The van der Waals surface area contributed by atoms with E-state index in [0.29, 0.717) is 12.0 Å². The van der Waals surface area contributed by atoms with E-state index in [0.717, 1.165) is 18.4 Å². The molecular weight excluding hydrogens is 264 g/mol. The van der Waals surface area contributed by atoms with Crippen LogP contribution in [0.4, 0.5) is 0 Å². The number of aliphatic imine (C=N–C) groups is 1. The summed E-state index contributed by atoms with van der Waals surface area (Å²) in [4.78, 5) is 18.2. The Morgan fingerprint density at radius 1 is 1.33 bits per heavy atom. The average molecular weight is 294 g/mol. The predicted molar refractivity (Wildman–Crippen MR) is 86.3 cm³/mol. The molecule has 5 heteroatoms. The maximum Gasteiger partial charge on any atom is 0.240 e. The first kappa shape index (κ1) is 16.1. The second-order valence-electron chi connectivity index (χ2n) is 7.69. The Bertz CT molecular complexity index is 416. The van der Waals surface area contributed by atoms with Crippen molar-refractivity contribution in [2.24, 2.45) is 16.3 Å². The Morgan fingerprint density at radius 3 is 2.38 bits per heavy atom. The van der Waals surface area contributed by atoms with Gasteiger partial charge in [0.1, 0.15) is 0 Å². The Hall–Kier alpha value is -1.26. The lowest BCUT2D eigenvalue weighted by molar-refractivity contribution is -0.122. The van der Waals surface area contributed by atoms with Gasteiger partial charge in [0, 0.05) is 26.2 Å². The summed E-state index contributed by atoms with van der Waals surface area (Å²) in [6.07, 6.45) is 5.47. The van der Waals surface area contributed by atoms with E-state index in [1.54, 1.807) is 7.05 Å². The topological polar surface area (TPSA) is 56.7 Å². The van der Waals surface area contributed by atoms with Crippen LogP contribution in [0.15, 0.2) is 4.99 Å². The fraction of sp³-hybridized carbons (Fsp3) is 0.875. The quantitative estimate of drug-likeness (QED) is 0.598. The van der Waals surface area contributed by atoms with Gasteiger partial charge in [-0.25, -0.2) is 0 Å². The maximum atomic E-state index is 12.0. The zero-order valence-electron chi connectivity index (χ0n) is 14.1. The second kappa shape index (κ2) is 5.85. The van der Waals surface area contributed by atoms with E-state index in [-0.39, 0.29) is 11.4 Å². The highest BCUT2D eigenvalue weighted by atomic mass is 16.2. The van der Waals surface area contributed by atoms with Gasteiger partial charge in [0.15, 0.2) is 5.96 Å². The van der Waals surface area contributed by atoms with Crippen LogP contribution in [-0.2, 0) is 4.79 Å². The molecule has 0 bridgehead atoms. The summed E-state index contributed by atoms with van der Waals surface area (Å²) in [6.45, 7) is 7.29. The molecule has 0 radical (unpaired) electrons. The molecule has 0 saturated heterocycles. The average Bonchev–Trinajstić information content (AvgIpc) is 3.21.